The van der Waals surface area contributed by atoms with E-state index in [2.05, 4.69) is 10.2 Å². The Labute approximate surface area is 211 Å². The van der Waals surface area contributed by atoms with Gasteiger partial charge < -0.3 is 24.6 Å². The van der Waals surface area contributed by atoms with Crippen LogP contribution in [0, 0.1) is 11.8 Å². The standard InChI is InChI=1S/C28H33N3O5/c32-26(29-21-9-11-22(12-10-21)30-15-17-35-18-16-30)19-36-28(34)24-7-3-2-6-23(24)27(33)31-14-13-20-5-1-4-8-25(20)31/h1,4-5,8-12,23-24H,2-3,6-7,13-19H2,(H,29,32). The molecule has 8 nitrogen and oxygen atoms in total. The lowest BCUT2D eigenvalue weighted by molar-refractivity contribution is -0.156. The van der Waals surface area contributed by atoms with Gasteiger partial charge in [-0.15, -0.1) is 0 Å². The van der Waals surface area contributed by atoms with Crippen LogP contribution in [-0.4, -0.2) is 57.2 Å². The van der Waals surface area contributed by atoms with Crippen molar-refractivity contribution in [2.45, 2.75) is 32.1 Å². The highest BCUT2D eigenvalue weighted by Gasteiger charge is 2.40. The monoisotopic (exact) mass is 491 g/mol. The molecule has 1 aliphatic carbocycles. The van der Waals surface area contributed by atoms with Crippen LogP contribution in [0.2, 0.25) is 0 Å². The molecule has 1 saturated carbocycles. The molecule has 0 spiro atoms. The third kappa shape index (κ3) is 5.38. The first-order chi connectivity index (χ1) is 17.6. The zero-order valence-electron chi connectivity index (χ0n) is 20.5. The van der Waals surface area contributed by atoms with Crippen LogP contribution >= 0.6 is 0 Å². The number of hydrogen-bond acceptors (Lipinski definition) is 6. The molecule has 8 heteroatoms. The summed E-state index contributed by atoms with van der Waals surface area (Å²) in [6.07, 6.45) is 3.89. The SMILES string of the molecule is O=C(COC(=O)C1CCCCC1C(=O)N1CCc2ccccc21)Nc1ccc(N2CCOCC2)cc1. The molecule has 2 aliphatic heterocycles. The first-order valence-electron chi connectivity index (χ1n) is 12.9. The third-order valence-electron chi connectivity index (χ3n) is 7.41. The molecule has 190 valence electrons. The van der Waals surface area contributed by atoms with E-state index < -0.39 is 23.7 Å². The lowest BCUT2D eigenvalue weighted by Crippen LogP contribution is -2.42. The number of carbonyl (C=O) groups excluding carboxylic acids is 3. The lowest BCUT2D eigenvalue weighted by atomic mass is 9.78. The van der Waals surface area contributed by atoms with Crippen LogP contribution < -0.4 is 15.1 Å². The molecule has 0 radical (unpaired) electrons. The Morgan fingerprint density at radius 1 is 0.917 bits per heavy atom. The maximum Gasteiger partial charge on any atom is 0.310 e. The zero-order valence-corrected chi connectivity index (χ0v) is 20.5. The fraction of sp³-hybridized carbons (Fsp3) is 0.464. The number of morpholine rings is 1. The molecule has 1 N–H and O–H groups in total. The van der Waals surface area contributed by atoms with Crippen molar-refractivity contribution >= 4 is 34.8 Å². The highest BCUT2D eigenvalue weighted by Crippen LogP contribution is 2.36. The van der Waals surface area contributed by atoms with E-state index >= 15 is 0 Å². The maximum atomic E-state index is 13.4. The Hall–Kier alpha value is -3.39. The average molecular weight is 492 g/mol. The Kier molecular flexibility index (Phi) is 7.51. The largest absolute Gasteiger partial charge is 0.455 e. The number of nitrogens with one attached hydrogen (secondary N) is 1. The van der Waals surface area contributed by atoms with E-state index in [4.69, 9.17) is 9.47 Å². The summed E-state index contributed by atoms with van der Waals surface area (Å²) >= 11 is 0. The Morgan fingerprint density at radius 2 is 1.64 bits per heavy atom. The van der Waals surface area contributed by atoms with Crippen LogP contribution in [0.3, 0.4) is 0 Å². The van der Waals surface area contributed by atoms with Crippen molar-refractivity contribution in [3.05, 3.63) is 54.1 Å². The summed E-state index contributed by atoms with van der Waals surface area (Å²) in [7, 11) is 0. The quantitative estimate of drug-likeness (QED) is 0.624. The van der Waals surface area contributed by atoms with E-state index in [1.165, 1.54) is 0 Å². The molecular formula is C28H33N3O5. The summed E-state index contributed by atoms with van der Waals surface area (Å²) < 4.78 is 10.8. The number of hydrogen-bond donors (Lipinski definition) is 1. The molecule has 3 aliphatic rings. The number of ether oxygens (including phenoxy) is 2. The molecule has 2 fully saturated rings. The van der Waals surface area contributed by atoms with Crippen LogP contribution in [0.4, 0.5) is 17.1 Å². The number of rotatable bonds is 6. The van der Waals surface area contributed by atoms with E-state index in [9.17, 15) is 14.4 Å². The molecule has 36 heavy (non-hydrogen) atoms. The van der Waals surface area contributed by atoms with E-state index in [0.29, 0.717) is 38.3 Å². The number of fused-ring (bicyclic) bond motifs is 1. The molecule has 0 bridgehead atoms. The fourth-order valence-corrected chi connectivity index (χ4v) is 5.49. The van der Waals surface area contributed by atoms with Crippen molar-refractivity contribution in [2.24, 2.45) is 11.8 Å². The van der Waals surface area contributed by atoms with Gasteiger partial charge in [0.2, 0.25) is 5.91 Å². The Balaban J connectivity index is 1.14. The predicted molar refractivity (Wildman–Crippen MR) is 137 cm³/mol. The van der Waals surface area contributed by atoms with Crippen molar-refractivity contribution in [1.29, 1.82) is 0 Å². The predicted octanol–water partition coefficient (Wildman–Crippen LogP) is 3.40. The number of benzene rings is 2. The van der Waals surface area contributed by atoms with Gasteiger partial charge in [-0.1, -0.05) is 31.0 Å². The lowest BCUT2D eigenvalue weighted by Gasteiger charge is -2.32. The van der Waals surface area contributed by atoms with Gasteiger partial charge in [-0.05, 0) is 55.2 Å². The molecule has 2 heterocycles. The van der Waals surface area contributed by atoms with Gasteiger partial charge in [0.25, 0.3) is 5.91 Å². The highest BCUT2D eigenvalue weighted by atomic mass is 16.5. The van der Waals surface area contributed by atoms with Gasteiger partial charge >= 0.3 is 5.97 Å². The van der Waals surface area contributed by atoms with Gasteiger partial charge in [-0.25, -0.2) is 0 Å². The van der Waals surface area contributed by atoms with Gasteiger partial charge in [0.05, 0.1) is 25.0 Å². The fourth-order valence-electron chi connectivity index (χ4n) is 5.49. The van der Waals surface area contributed by atoms with Gasteiger partial charge in [-0.3, -0.25) is 14.4 Å². The zero-order chi connectivity index (χ0) is 24.9. The number of esters is 1. The van der Waals surface area contributed by atoms with Crippen LogP contribution in [0.5, 0.6) is 0 Å². The van der Waals surface area contributed by atoms with Crippen molar-refractivity contribution in [3.8, 4) is 0 Å². The minimum absolute atomic E-state index is 0.00795. The highest BCUT2D eigenvalue weighted by molar-refractivity contribution is 5.99. The average Bonchev–Trinajstić information content (AvgIpc) is 3.36. The first-order valence-corrected chi connectivity index (χ1v) is 12.9. The number of carbonyl (C=O) groups is 3. The second-order valence-electron chi connectivity index (χ2n) is 9.67. The van der Waals surface area contributed by atoms with Crippen LogP contribution in [0.25, 0.3) is 0 Å². The summed E-state index contributed by atoms with van der Waals surface area (Å²) in [6.45, 7) is 3.38. The first kappa shape index (κ1) is 24.3. The van der Waals surface area contributed by atoms with Gasteiger partial charge in [0.1, 0.15) is 0 Å². The second kappa shape index (κ2) is 11.1. The third-order valence-corrected chi connectivity index (χ3v) is 7.41. The van der Waals surface area contributed by atoms with E-state index in [1.807, 2.05) is 53.4 Å². The van der Waals surface area contributed by atoms with Gasteiger partial charge in [-0.2, -0.15) is 0 Å². The normalized spacial score (nSPS) is 21.6. The molecule has 2 aromatic rings. The molecule has 2 unspecified atom stereocenters. The van der Waals surface area contributed by atoms with Crippen molar-refractivity contribution in [3.63, 3.8) is 0 Å². The number of nitrogens with zero attached hydrogens (tertiary/aromatic N) is 2. The molecule has 0 aromatic heterocycles. The number of anilines is 3. The van der Waals surface area contributed by atoms with Crippen molar-refractivity contribution in [2.75, 3.05) is 54.6 Å². The minimum Gasteiger partial charge on any atom is -0.455 e. The minimum atomic E-state index is -0.514. The van der Waals surface area contributed by atoms with Crippen molar-refractivity contribution in [1.82, 2.24) is 0 Å². The topological polar surface area (TPSA) is 88.2 Å². The van der Waals surface area contributed by atoms with Crippen LogP contribution in [0.15, 0.2) is 48.5 Å². The van der Waals surface area contributed by atoms with Crippen molar-refractivity contribution < 1.29 is 23.9 Å². The molecule has 5 rings (SSSR count). The Morgan fingerprint density at radius 3 is 2.42 bits per heavy atom. The summed E-state index contributed by atoms with van der Waals surface area (Å²) in [5, 5.41) is 2.79. The summed E-state index contributed by atoms with van der Waals surface area (Å²) in [4.78, 5) is 42.9. The summed E-state index contributed by atoms with van der Waals surface area (Å²) in [6, 6.07) is 15.5. The molecular weight excluding hydrogens is 458 g/mol. The van der Waals surface area contributed by atoms with E-state index in [1.54, 1.807) is 0 Å². The molecule has 1 saturated heterocycles. The molecule has 2 amide bonds. The number of para-hydroxylation sites is 1. The smallest absolute Gasteiger partial charge is 0.310 e. The van der Waals surface area contributed by atoms with Crippen LogP contribution in [-0.2, 0) is 30.3 Å². The van der Waals surface area contributed by atoms with E-state index in [0.717, 1.165) is 49.3 Å². The summed E-state index contributed by atoms with van der Waals surface area (Å²) in [5.41, 5.74) is 3.83. The summed E-state index contributed by atoms with van der Waals surface area (Å²) in [5.74, 6) is -1.78. The van der Waals surface area contributed by atoms with E-state index in [-0.39, 0.29) is 12.5 Å². The Bertz CT molecular complexity index is 1100. The molecule has 2 aromatic carbocycles. The second-order valence-corrected chi connectivity index (χ2v) is 9.67. The van der Waals surface area contributed by atoms with Gasteiger partial charge in [0.15, 0.2) is 6.61 Å². The maximum absolute atomic E-state index is 13.4. The molecule has 2 atom stereocenters. The van der Waals surface area contributed by atoms with Crippen LogP contribution in [0.1, 0.15) is 31.2 Å². The number of amides is 2. The van der Waals surface area contributed by atoms with Gasteiger partial charge in [0, 0.05) is 36.7 Å².